The molecule has 0 unspecified atom stereocenters. The lowest BCUT2D eigenvalue weighted by molar-refractivity contribution is 0.157. The van der Waals surface area contributed by atoms with Gasteiger partial charge in [0.1, 0.15) is 0 Å². The Morgan fingerprint density at radius 3 is 2.10 bits per heavy atom. The quantitative estimate of drug-likeness (QED) is 0.739. The van der Waals surface area contributed by atoms with Gasteiger partial charge in [-0.1, -0.05) is 12.8 Å². The maximum atomic E-state index is 3.75. The SMILES string of the molecule is CN(C)CCCN(C)CC1(CNC(C)(C)C)CCCC1. The molecule has 3 nitrogen and oxygen atoms in total. The summed E-state index contributed by atoms with van der Waals surface area (Å²) in [5, 5.41) is 3.75. The van der Waals surface area contributed by atoms with E-state index in [-0.39, 0.29) is 5.54 Å². The first-order valence-electron chi connectivity index (χ1n) is 8.31. The number of rotatable bonds is 8. The maximum Gasteiger partial charge on any atom is 0.00967 e. The highest BCUT2D eigenvalue weighted by molar-refractivity contribution is 4.90. The van der Waals surface area contributed by atoms with E-state index in [1.165, 1.54) is 58.3 Å². The van der Waals surface area contributed by atoms with E-state index in [1.54, 1.807) is 0 Å². The van der Waals surface area contributed by atoms with Gasteiger partial charge in [0.2, 0.25) is 0 Å². The van der Waals surface area contributed by atoms with Crippen LogP contribution in [0.4, 0.5) is 0 Å². The molecule has 1 saturated carbocycles. The number of hydrogen-bond donors (Lipinski definition) is 1. The first-order valence-corrected chi connectivity index (χ1v) is 8.31. The third kappa shape index (κ3) is 7.05. The van der Waals surface area contributed by atoms with Crippen molar-refractivity contribution in [1.29, 1.82) is 0 Å². The van der Waals surface area contributed by atoms with Gasteiger partial charge in [0.15, 0.2) is 0 Å². The summed E-state index contributed by atoms with van der Waals surface area (Å²) in [6, 6.07) is 0. The zero-order chi connectivity index (χ0) is 15.2. The van der Waals surface area contributed by atoms with Gasteiger partial charge in [0.05, 0.1) is 0 Å². The molecule has 0 radical (unpaired) electrons. The third-order valence-corrected chi connectivity index (χ3v) is 4.41. The molecule has 20 heavy (non-hydrogen) atoms. The van der Waals surface area contributed by atoms with Crippen LogP contribution in [-0.4, -0.2) is 62.7 Å². The van der Waals surface area contributed by atoms with Crippen LogP contribution in [0.3, 0.4) is 0 Å². The monoisotopic (exact) mass is 283 g/mol. The average Bonchev–Trinajstić information content (AvgIpc) is 2.74. The van der Waals surface area contributed by atoms with Crippen LogP contribution in [0.15, 0.2) is 0 Å². The molecular formula is C17H37N3. The minimum atomic E-state index is 0.235. The maximum absolute atomic E-state index is 3.75. The van der Waals surface area contributed by atoms with Crippen LogP contribution in [0.1, 0.15) is 52.9 Å². The van der Waals surface area contributed by atoms with E-state index in [0.717, 1.165) is 0 Å². The molecule has 0 aromatic carbocycles. The Labute approximate surface area is 127 Å². The summed E-state index contributed by atoms with van der Waals surface area (Å²) in [5.41, 5.74) is 0.749. The lowest BCUT2D eigenvalue weighted by atomic mass is 9.84. The molecular weight excluding hydrogens is 246 g/mol. The topological polar surface area (TPSA) is 18.5 Å². The standard InChI is InChI=1S/C17H37N3/c1-16(2,3)18-14-17(10-7-8-11-17)15-20(6)13-9-12-19(4)5/h18H,7-15H2,1-6H3. The van der Waals surface area contributed by atoms with Gasteiger partial charge in [-0.2, -0.15) is 0 Å². The fourth-order valence-corrected chi connectivity index (χ4v) is 3.28. The number of nitrogens with zero attached hydrogens (tertiary/aromatic N) is 2. The molecule has 0 amide bonds. The van der Waals surface area contributed by atoms with Gasteiger partial charge in [0.25, 0.3) is 0 Å². The zero-order valence-electron chi connectivity index (χ0n) is 14.8. The minimum Gasteiger partial charge on any atom is -0.311 e. The van der Waals surface area contributed by atoms with Crippen LogP contribution in [0.25, 0.3) is 0 Å². The fourth-order valence-electron chi connectivity index (χ4n) is 3.28. The van der Waals surface area contributed by atoms with Crippen molar-refractivity contribution in [2.45, 2.75) is 58.4 Å². The Bertz CT molecular complexity index is 262. The highest BCUT2D eigenvalue weighted by Crippen LogP contribution is 2.38. The molecule has 0 bridgehead atoms. The molecule has 0 aromatic heterocycles. The van der Waals surface area contributed by atoms with Gasteiger partial charge in [-0.05, 0) is 79.7 Å². The molecule has 1 fully saturated rings. The van der Waals surface area contributed by atoms with Crippen LogP contribution in [0.2, 0.25) is 0 Å². The van der Waals surface area contributed by atoms with E-state index in [9.17, 15) is 0 Å². The number of hydrogen-bond acceptors (Lipinski definition) is 3. The largest absolute Gasteiger partial charge is 0.311 e. The summed E-state index contributed by atoms with van der Waals surface area (Å²) >= 11 is 0. The first kappa shape index (κ1) is 17.9. The van der Waals surface area contributed by atoms with Crippen molar-refractivity contribution in [2.75, 3.05) is 47.3 Å². The lowest BCUT2D eigenvalue weighted by Gasteiger charge is -2.36. The van der Waals surface area contributed by atoms with Gasteiger partial charge in [-0.3, -0.25) is 0 Å². The van der Waals surface area contributed by atoms with Crippen LogP contribution in [-0.2, 0) is 0 Å². The summed E-state index contributed by atoms with van der Waals surface area (Å²) in [4.78, 5) is 4.83. The van der Waals surface area contributed by atoms with Crippen molar-refractivity contribution in [1.82, 2.24) is 15.1 Å². The van der Waals surface area contributed by atoms with Crippen LogP contribution < -0.4 is 5.32 Å². The Kier molecular flexibility index (Phi) is 6.96. The Hall–Kier alpha value is -0.120. The summed E-state index contributed by atoms with van der Waals surface area (Å²) in [7, 11) is 6.62. The van der Waals surface area contributed by atoms with E-state index in [1.807, 2.05) is 0 Å². The normalized spacial score (nSPS) is 19.2. The molecule has 1 N–H and O–H groups in total. The fraction of sp³-hybridized carbons (Fsp3) is 1.00. The van der Waals surface area contributed by atoms with E-state index >= 15 is 0 Å². The van der Waals surface area contributed by atoms with Crippen molar-refractivity contribution in [3.8, 4) is 0 Å². The highest BCUT2D eigenvalue weighted by Gasteiger charge is 2.35. The van der Waals surface area contributed by atoms with E-state index < -0.39 is 0 Å². The summed E-state index contributed by atoms with van der Waals surface area (Å²) < 4.78 is 0. The second-order valence-electron chi connectivity index (χ2n) is 8.21. The van der Waals surface area contributed by atoms with Crippen LogP contribution in [0.5, 0.6) is 0 Å². The van der Waals surface area contributed by atoms with E-state index in [2.05, 4.69) is 57.0 Å². The van der Waals surface area contributed by atoms with Gasteiger partial charge < -0.3 is 15.1 Å². The van der Waals surface area contributed by atoms with Crippen molar-refractivity contribution in [3.63, 3.8) is 0 Å². The molecule has 0 aromatic rings. The minimum absolute atomic E-state index is 0.235. The second kappa shape index (κ2) is 7.77. The van der Waals surface area contributed by atoms with Crippen LogP contribution in [0, 0.1) is 5.41 Å². The Balaban J connectivity index is 2.41. The molecule has 1 aliphatic carbocycles. The molecule has 1 rings (SSSR count). The van der Waals surface area contributed by atoms with Gasteiger partial charge >= 0.3 is 0 Å². The van der Waals surface area contributed by atoms with Crippen molar-refractivity contribution in [2.24, 2.45) is 5.41 Å². The predicted octanol–water partition coefficient (Wildman–Crippen LogP) is 2.82. The van der Waals surface area contributed by atoms with E-state index in [0.29, 0.717) is 5.41 Å². The number of nitrogens with one attached hydrogen (secondary N) is 1. The summed E-state index contributed by atoms with van der Waals surface area (Å²) in [6.45, 7) is 11.7. The molecule has 0 spiro atoms. The molecule has 1 aliphatic rings. The molecule has 120 valence electrons. The zero-order valence-corrected chi connectivity index (χ0v) is 14.8. The first-order chi connectivity index (χ1) is 9.22. The molecule has 0 heterocycles. The van der Waals surface area contributed by atoms with E-state index in [4.69, 9.17) is 0 Å². The second-order valence-corrected chi connectivity index (χ2v) is 8.21. The molecule has 0 aliphatic heterocycles. The third-order valence-electron chi connectivity index (χ3n) is 4.41. The lowest BCUT2D eigenvalue weighted by Crippen LogP contribution is -2.47. The van der Waals surface area contributed by atoms with Gasteiger partial charge in [0, 0.05) is 18.6 Å². The Morgan fingerprint density at radius 1 is 1.00 bits per heavy atom. The van der Waals surface area contributed by atoms with Crippen molar-refractivity contribution in [3.05, 3.63) is 0 Å². The summed E-state index contributed by atoms with van der Waals surface area (Å²) in [5.74, 6) is 0. The van der Waals surface area contributed by atoms with Crippen molar-refractivity contribution >= 4 is 0 Å². The summed E-state index contributed by atoms with van der Waals surface area (Å²) in [6.07, 6.45) is 6.89. The molecule has 0 saturated heterocycles. The van der Waals surface area contributed by atoms with Crippen LogP contribution >= 0.6 is 0 Å². The molecule has 0 atom stereocenters. The average molecular weight is 284 g/mol. The van der Waals surface area contributed by atoms with Gasteiger partial charge in [-0.25, -0.2) is 0 Å². The Morgan fingerprint density at radius 2 is 1.60 bits per heavy atom. The predicted molar refractivity (Wildman–Crippen MR) is 89.3 cm³/mol. The molecule has 3 heteroatoms. The van der Waals surface area contributed by atoms with Gasteiger partial charge in [-0.15, -0.1) is 0 Å². The van der Waals surface area contributed by atoms with Crippen molar-refractivity contribution < 1.29 is 0 Å². The highest BCUT2D eigenvalue weighted by atomic mass is 15.1. The smallest absolute Gasteiger partial charge is 0.00967 e.